The highest BCUT2D eigenvalue weighted by Gasteiger charge is 2.51. The Morgan fingerprint density at radius 3 is 2.67 bits per heavy atom. The van der Waals surface area contributed by atoms with Crippen molar-refractivity contribution in [1.82, 2.24) is 14.5 Å². The Bertz CT molecular complexity index is 796. The highest BCUT2D eigenvalue weighted by atomic mass is 32.2. The summed E-state index contributed by atoms with van der Waals surface area (Å²) in [5.74, 6) is -2.25. The third kappa shape index (κ3) is 2.87. The summed E-state index contributed by atoms with van der Waals surface area (Å²) >= 11 is 1.40. The molecule has 1 unspecified atom stereocenters. The van der Waals surface area contributed by atoms with Crippen LogP contribution in [0.3, 0.4) is 0 Å². The molecule has 5 N–H and O–H groups in total. The number of ether oxygens (including phenoxy) is 1. The van der Waals surface area contributed by atoms with E-state index >= 15 is 0 Å². The molecule has 132 valence electrons. The van der Waals surface area contributed by atoms with E-state index in [4.69, 9.17) is 14.5 Å². The molecule has 0 spiro atoms. The molecule has 2 aromatic heterocycles. The molecule has 5 atom stereocenters. The van der Waals surface area contributed by atoms with Crippen molar-refractivity contribution in [1.29, 1.82) is 0 Å². The van der Waals surface area contributed by atoms with E-state index in [1.54, 1.807) is 12.3 Å². The first-order valence-corrected chi connectivity index (χ1v) is 9.76. The Labute approximate surface area is 140 Å². The van der Waals surface area contributed by atoms with Crippen molar-refractivity contribution in [3.05, 3.63) is 18.6 Å². The van der Waals surface area contributed by atoms with Gasteiger partial charge in [0.25, 0.3) is 0 Å². The van der Waals surface area contributed by atoms with Crippen LogP contribution < -0.4 is 0 Å². The molecule has 3 rings (SSSR count). The summed E-state index contributed by atoms with van der Waals surface area (Å²) in [4.78, 5) is 26.4. The van der Waals surface area contributed by atoms with Crippen LogP contribution >= 0.6 is 19.4 Å². The molecule has 0 saturated carbocycles. The summed E-state index contributed by atoms with van der Waals surface area (Å²) in [5.41, 5.74) is 0.428. The normalized spacial score (nSPS) is 29.2. The lowest BCUT2D eigenvalue weighted by Gasteiger charge is -2.21. The second-order valence-corrected chi connectivity index (χ2v) is 7.82. The average Bonchev–Trinajstić information content (AvgIpc) is 3.08. The molecule has 0 amide bonds. The average molecular weight is 377 g/mol. The summed E-state index contributed by atoms with van der Waals surface area (Å²) in [5, 5.41) is 31.3. The zero-order chi connectivity index (χ0) is 17.6. The zero-order valence-corrected chi connectivity index (χ0v) is 14.1. The van der Waals surface area contributed by atoms with E-state index in [1.165, 1.54) is 22.7 Å². The highest BCUT2D eigenvalue weighted by Crippen LogP contribution is 2.46. The van der Waals surface area contributed by atoms with Gasteiger partial charge < -0.3 is 34.4 Å². The molecule has 10 nitrogen and oxygen atoms in total. The number of rotatable bonds is 4. The van der Waals surface area contributed by atoms with E-state index in [0.29, 0.717) is 16.1 Å². The summed E-state index contributed by atoms with van der Waals surface area (Å²) in [6.07, 6.45) is -1.22. The number of aromatic nitrogens is 3. The molecule has 0 aliphatic carbocycles. The molecule has 24 heavy (non-hydrogen) atoms. The van der Waals surface area contributed by atoms with E-state index in [-0.39, 0.29) is 0 Å². The van der Waals surface area contributed by atoms with Gasteiger partial charge >= 0.3 is 7.60 Å². The van der Waals surface area contributed by atoms with Crippen LogP contribution in [0.1, 0.15) is 6.23 Å². The number of hydrogen-bond donors (Lipinski definition) is 5. The van der Waals surface area contributed by atoms with Crippen LogP contribution in [-0.2, 0) is 9.30 Å². The molecule has 2 aromatic rings. The van der Waals surface area contributed by atoms with Gasteiger partial charge in [0.15, 0.2) is 12.1 Å². The van der Waals surface area contributed by atoms with Gasteiger partial charge in [-0.2, -0.15) is 0 Å². The second kappa shape index (κ2) is 6.36. The van der Waals surface area contributed by atoms with E-state index in [1.807, 2.05) is 6.26 Å². The maximum atomic E-state index is 11.2. The number of nitrogens with zero attached hydrogens (tertiary/aromatic N) is 3. The van der Waals surface area contributed by atoms with Crippen LogP contribution in [0.5, 0.6) is 0 Å². The summed E-state index contributed by atoms with van der Waals surface area (Å²) in [7, 11) is -4.91. The number of hydrogen-bond acceptors (Lipinski definition) is 8. The van der Waals surface area contributed by atoms with E-state index in [2.05, 4.69) is 9.97 Å². The number of fused-ring (bicyclic) bond motifs is 1. The predicted molar refractivity (Wildman–Crippen MR) is 83.3 cm³/mol. The van der Waals surface area contributed by atoms with Crippen molar-refractivity contribution < 1.29 is 34.4 Å². The Hall–Kier alpha value is -1.04. The van der Waals surface area contributed by atoms with Gasteiger partial charge in [-0.1, -0.05) is 0 Å². The van der Waals surface area contributed by atoms with Crippen LogP contribution in [0.4, 0.5) is 0 Å². The van der Waals surface area contributed by atoms with Crippen LogP contribution in [0.2, 0.25) is 0 Å². The topological polar surface area (TPSA) is 158 Å². The molecule has 0 aromatic carbocycles. The van der Waals surface area contributed by atoms with Gasteiger partial charge in [0, 0.05) is 6.20 Å². The van der Waals surface area contributed by atoms with Crippen molar-refractivity contribution in [2.75, 3.05) is 6.26 Å². The van der Waals surface area contributed by atoms with E-state index in [0.717, 1.165) is 0 Å². The van der Waals surface area contributed by atoms with Crippen molar-refractivity contribution in [3.63, 3.8) is 0 Å². The largest absolute Gasteiger partial charge is 0.387 e. The molecule has 3 heterocycles. The first-order valence-electron chi connectivity index (χ1n) is 6.86. The van der Waals surface area contributed by atoms with Crippen LogP contribution in [0.25, 0.3) is 11.0 Å². The minimum Gasteiger partial charge on any atom is -0.387 e. The van der Waals surface area contributed by atoms with Gasteiger partial charge in [-0.05, 0) is 12.3 Å². The lowest BCUT2D eigenvalue weighted by molar-refractivity contribution is -0.0662. The monoisotopic (exact) mass is 377 g/mol. The Kier molecular flexibility index (Phi) is 4.71. The fraction of sp³-hybridized carbons (Fsp3) is 0.500. The van der Waals surface area contributed by atoms with Gasteiger partial charge in [0.05, 0.1) is 5.39 Å². The van der Waals surface area contributed by atoms with Gasteiger partial charge in [-0.25, -0.2) is 9.97 Å². The lowest BCUT2D eigenvalue weighted by atomic mass is 10.1. The summed E-state index contributed by atoms with van der Waals surface area (Å²) in [6.45, 7) is 0. The Balaban J connectivity index is 1.98. The molecular formula is C12H16N3O7PS. The number of thioether (sulfide) groups is 1. The Morgan fingerprint density at radius 1 is 1.33 bits per heavy atom. The fourth-order valence-electron chi connectivity index (χ4n) is 2.67. The maximum Gasteiger partial charge on any atom is 0.356 e. The number of aliphatic hydroxyl groups is 3. The van der Waals surface area contributed by atoms with Crippen molar-refractivity contribution in [3.8, 4) is 0 Å². The first-order chi connectivity index (χ1) is 11.3. The van der Waals surface area contributed by atoms with E-state index < -0.39 is 38.0 Å². The van der Waals surface area contributed by atoms with Crippen molar-refractivity contribution in [2.45, 2.75) is 35.4 Å². The predicted octanol–water partition coefficient (Wildman–Crippen LogP) is -0.732. The fourth-order valence-corrected chi connectivity index (χ4v) is 3.83. The van der Waals surface area contributed by atoms with Gasteiger partial charge in [0.2, 0.25) is 0 Å². The SMILES string of the molecule is CSc1ncnc2c1ccn2[C@@H]1O[C@H](C(O)P(=O)(O)O)[C@@H](O)[C@H]1O. The summed E-state index contributed by atoms with van der Waals surface area (Å²) in [6, 6.07) is 1.70. The quantitative estimate of drug-likeness (QED) is 0.261. The van der Waals surface area contributed by atoms with E-state index in [9.17, 15) is 19.9 Å². The second-order valence-electron chi connectivity index (χ2n) is 5.32. The third-order valence-corrected chi connectivity index (χ3v) is 5.55. The third-order valence-electron chi connectivity index (χ3n) is 3.85. The van der Waals surface area contributed by atoms with Crippen molar-refractivity contribution in [2.24, 2.45) is 0 Å². The molecule has 1 aliphatic heterocycles. The van der Waals surface area contributed by atoms with Crippen LogP contribution in [0.15, 0.2) is 23.6 Å². The standard InChI is InChI=1S/C12H16N3O7PS/c1-24-10-5-2-3-15(9(5)13-4-14-10)11-7(17)6(16)8(22-11)12(18)23(19,20)21/h2-4,6-8,11-12,16-18H,1H3,(H2,19,20,21)/t6-,7+,8-,11+,12?/m0/s1. The first kappa shape index (κ1) is 17.8. The van der Waals surface area contributed by atoms with Crippen molar-refractivity contribution >= 4 is 30.4 Å². The van der Waals surface area contributed by atoms with Gasteiger partial charge in [0.1, 0.15) is 35.3 Å². The lowest BCUT2D eigenvalue weighted by Crippen LogP contribution is -2.38. The van der Waals surface area contributed by atoms with Gasteiger partial charge in [-0.3, -0.25) is 4.57 Å². The zero-order valence-electron chi connectivity index (χ0n) is 12.4. The molecule has 1 aliphatic rings. The summed E-state index contributed by atoms with van der Waals surface area (Å²) < 4.78 is 18.0. The maximum absolute atomic E-state index is 11.2. The smallest absolute Gasteiger partial charge is 0.356 e. The van der Waals surface area contributed by atoms with Crippen LogP contribution in [0, 0.1) is 0 Å². The molecule has 0 radical (unpaired) electrons. The van der Waals surface area contributed by atoms with Crippen LogP contribution in [-0.4, -0.2) is 70.1 Å². The van der Waals surface area contributed by atoms with Gasteiger partial charge in [-0.15, -0.1) is 11.8 Å². The minimum absolute atomic E-state index is 0.428. The number of aliphatic hydroxyl groups excluding tert-OH is 3. The Morgan fingerprint density at radius 2 is 2.04 bits per heavy atom. The molecular weight excluding hydrogens is 361 g/mol. The molecule has 1 saturated heterocycles. The molecule has 0 bridgehead atoms. The molecule has 1 fully saturated rings. The highest BCUT2D eigenvalue weighted by molar-refractivity contribution is 7.98. The molecule has 12 heteroatoms. The minimum atomic E-state index is -4.91.